The molecule has 8 heteroatoms. The van der Waals surface area contributed by atoms with Crippen molar-refractivity contribution < 1.29 is 13.2 Å². The number of sulfonamides is 1. The van der Waals surface area contributed by atoms with Crippen LogP contribution in [0.1, 0.15) is 34.1 Å². The molecule has 0 aromatic rings. The summed E-state index contributed by atoms with van der Waals surface area (Å²) in [6, 6.07) is 0. The van der Waals surface area contributed by atoms with Gasteiger partial charge in [-0.2, -0.15) is 4.31 Å². The third kappa shape index (κ3) is 8.20. The highest BCUT2D eigenvalue weighted by molar-refractivity contribution is 7.89. The van der Waals surface area contributed by atoms with E-state index in [2.05, 4.69) is 21.3 Å². The maximum Gasteiger partial charge on any atom is 0.216 e. The molecule has 25 heavy (non-hydrogen) atoms. The molecule has 1 fully saturated rings. The number of guanidine groups is 1. The van der Waals surface area contributed by atoms with Crippen LogP contribution in [0.2, 0.25) is 0 Å². The van der Waals surface area contributed by atoms with Gasteiger partial charge < -0.3 is 15.0 Å². The van der Waals surface area contributed by atoms with Gasteiger partial charge in [0, 0.05) is 39.3 Å². The highest BCUT2D eigenvalue weighted by atomic mass is 32.2. The fraction of sp³-hybridized carbons (Fsp3) is 0.824. The Labute approximate surface area is 153 Å². The molecule has 0 aromatic heterocycles. The van der Waals surface area contributed by atoms with Gasteiger partial charge in [0.05, 0.1) is 18.5 Å². The highest BCUT2D eigenvalue weighted by Gasteiger charge is 2.27. The van der Waals surface area contributed by atoms with Crippen molar-refractivity contribution in [3.8, 4) is 0 Å². The second kappa shape index (κ2) is 11.5. The number of ether oxygens (including phenoxy) is 1. The van der Waals surface area contributed by atoms with Gasteiger partial charge in [0.1, 0.15) is 0 Å². The average molecular weight is 375 g/mol. The Bertz CT molecular complexity index is 524. The Hall–Kier alpha value is -1.12. The van der Waals surface area contributed by atoms with Gasteiger partial charge in [0.2, 0.25) is 10.0 Å². The molecular formula is C17H34N4O3S. The minimum absolute atomic E-state index is 0.0443. The van der Waals surface area contributed by atoms with Crippen molar-refractivity contribution in [3.63, 3.8) is 0 Å². The molecule has 0 saturated carbocycles. The van der Waals surface area contributed by atoms with Gasteiger partial charge in [-0.05, 0) is 34.1 Å². The Morgan fingerprint density at radius 2 is 1.96 bits per heavy atom. The summed E-state index contributed by atoms with van der Waals surface area (Å²) in [6.07, 6.45) is 5.08. The van der Waals surface area contributed by atoms with Crippen LogP contribution in [0.3, 0.4) is 0 Å². The van der Waals surface area contributed by atoms with Crippen molar-refractivity contribution in [1.29, 1.82) is 0 Å². The molecule has 0 bridgehead atoms. The normalized spacial score (nSPS) is 17.6. The van der Waals surface area contributed by atoms with Crippen LogP contribution in [0.15, 0.2) is 17.1 Å². The monoisotopic (exact) mass is 374 g/mol. The topological polar surface area (TPSA) is 74.2 Å². The molecular weight excluding hydrogens is 340 g/mol. The van der Waals surface area contributed by atoms with E-state index in [1.165, 1.54) is 0 Å². The van der Waals surface area contributed by atoms with Gasteiger partial charge in [-0.1, -0.05) is 12.2 Å². The summed E-state index contributed by atoms with van der Waals surface area (Å²) in [4.78, 5) is 6.76. The van der Waals surface area contributed by atoms with Gasteiger partial charge in [-0.15, -0.1) is 0 Å². The van der Waals surface area contributed by atoms with Crippen LogP contribution in [0, 0.1) is 0 Å². The van der Waals surface area contributed by atoms with Gasteiger partial charge >= 0.3 is 0 Å². The van der Waals surface area contributed by atoms with Crippen LogP contribution >= 0.6 is 0 Å². The Kier molecular flexibility index (Phi) is 10.1. The SMILES string of the molecule is C/C=C/CCN=C(NCC)N1CCN(S(=O)(=O)CCOC(C)C)CC1. The van der Waals surface area contributed by atoms with E-state index in [1.807, 2.05) is 33.8 Å². The van der Waals surface area contributed by atoms with Crippen molar-refractivity contribution >= 4 is 16.0 Å². The van der Waals surface area contributed by atoms with E-state index in [1.54, 1.807) is 4.31 Å². The second-order valence-electron chi connectivity index (χ2n) is 6.22. The summed E-state index contributed by atoms with van der Waals surface area (Å²) in [5.74, 6) is 0.912. The first-order valence-electron chi connectivity index (χ1n) is 9.14. The minimum Gasteiger partial charge on any atom is -0.378 e. The standard InChI is InChI=1S/C17H34N4O3S/c1-5-7-8-9-19-17(18-6-2)20-10-12-21(13-11-20)25(22,23)15-14-24-16(3)4/h5,7,16H,6,8-15H2,1-4H3,(H,18,19)/b7-5+. The molecule has 7 nitrogen and oxygen atoms in total. The van der Waals surface area contributed by atoms with Crippen molar-refractivity contribution in [2.75, 3.05) is 51.6 Å². The number of rotatable bonds is 9. The summed E-state index contributed by atoms with van der Waals surface area (Å²) < 4.78 is 31.7. The molecule has 1 heterocycles. The lowest BCUT2D eigenvalue weighted by Crippen LogP contribution is -2.54. The van der Waals surface area contributed by atoms with Gasteiger partial charge in [0.15, 0.2) is 5.96 Å². The Balaban J connectivity index is 2.54. The van der Waals surface area contributed by atoms with Gasteiger partial charge in [0.25, 0.3) is 0 Å². The molecule has 0 atom stereocenters. The molecule has 0 unspecified atom stereocenters. The third-order valence-corrected chi connectivity index (χ3v) is 5.69. The fourth-order valence-electron chi connectivity index (χ4n) is 2.53. The van der Waals surface area contributed by atoms with Crippen LogP contribution in [-0.2, 0) is 14.8 Å². The largest absolute Gasteiger partial charge is 0.378 e. The quantitative estimate of drug-likeness (QED) is 0.285. The predicted octanol–water partition coefficient (Wildman–Crippen LogP) is 1.29. The van der Waals surface area contributed by atoms with Crippen LogP contribution in [0.25, 0.3) is 0 Å². The number of piperazine rings is 1. The number of nitrogens with one attached hydrogen (secondary N) is 1. The van der Waals surface area contributed by atoms with Crippen LogP contribution in [0.4, 0.5) is 0 Å². The van der Waals surface area contributed by atoms with Crippen LogP contribution in [0.5, 0.6) is 0 Å². The van der Waals surface area contributed by atoms with Crippen molar-refractivity contribution in [2.24, 2.45) is 4.99 Å². The summed E-state index contributed by atoms with van der Waals surface area (Å²) in [5.41, 5.74) is 0. The van der Waals surface area contributed by atoms with Gasteiger partial charge in [-0.3, -0.25) is 4.99 Å². The van der Waals surface area contributed by atoms with Crippen LogP contribution < -0.4 is 5.32 Å². The zero-order valence-electron chi connectivity index (χ0n) is 16.1. The van der Waals surface area contributed by atoms with E-state index < -0.39 is 10.0 Å². The lowest BCUT2D eigenvalue weighted by molar-refractivity contribution is 0.0904. The van der Waals surface area contributed by atoms with E-state index >= 15 is 0 Å². The average Bonchev–Trinajstić information content (AvgIpc) is 2.57. The molecule has 1 saturated heterocycles. The number of hydrogen-bond donors (Lipinski definition) is 1. The smallest absolute Gasteiger partial charge is 0.216 e. The van der Waals surface area contributed by atoms with E-state index in [4.69, 9.17) is 4.74 Å². The van der Waals surface area contributed by atoms with Crippen molar-refractivity contribution in [1.82, 2.24) is 14.5 Å². The molecule has 0 spiro atoms. The molecule has 0 radical (unpaired) electrons. The molecule has 1 aliphatic rings. The number of nitrogens with zero attached hydrogens (tertiary/aromatic N) is 3. The first-order valence-corrected chi connectivity index (χ1v) is 10.8. The summed E-state index contributed by atoms with van der Waals surface area (Å²) in [5, 5.41) is 3.29. The molecule has 1 rings (SSSR count). The lowest BCUT2D eigenvalue weighted by Gasteiger charge is -2.35. The number of aliphatic imine (C=N–C) groups is 1. The highest BCUT2D eigenvalue weighted by Crippen LogP contribution is 2.09. The first-order chi connectivity index (χ1) is 11.9. The first kappa shape index (κ1) is 21.9. The Morgan fingerprint density at radius 3 is 2.52 bits per heavy atom. The summed E-state index contributed by atoms with van der Waals surface area (Å²) >= 11 is 0. The second-order valence-corrected chi connectivity index (χ2v) is 8.30. The van der Waals surface area contributed by atoms with Crippen molar-refractivity contribution in [2.45, 2.75) is 40.2 Å². The van der Waals surface area contributed by atoms with E-state index in [0.717, 1.165) is 25.5 Å². The third-order valence-electron chi connectivity index (χ3n) is 3.85. The molecule has 146 valence electrons. The fourth-order valence-corrected chi connectivity index (χ4v) is 3.82. The molecule has 0 amide bonds. The zero-order chi connectivity index (χ0) is 18.7. The maximum absolute atomic E-state index is 12.4. The summed E-state index contributed by atoms with van der Waals surface area (Å²) in [6.45, 7) is 11.9. The zero-order valence-corrected chi connectivity index (χ0v) is 16.9. The van der Waals surface area contributed by atoms with E-state index in [0.29, 0.717) is 26.2 Å². The predicted molar refractivity (Wildman–Crippen MR) is 103 cm³/mol. The lowest BCUT2D eigenvalue weighted by atomic mass is 10.3. The van der Waals surface area contributed by atoms with Crippen molar-refractivity contribution in [3.05, 3.63) is 12.2 Å². The maximum atomic E-state index is 12.4. The summed E-state index contributed by atoms with van der Waals surface area (Å²) in [7, 11) is -3.25. The molecule has 0 aliphatic carbocycles. The molecule has 1 N–H and O–H groups in total. The molecule has 1 aliphatic heterocycles. The van der Waals surface area contributed by atoms with E-state index in [-0.39, 0.29) is 18.5 Å². The minimum atomic E-state index is -3.25. The van der Waals surface area contributed by atoms with Gasteiger partial charge in [-0.25, -0.2) is 8.42 Å². The van der Waals surface area contributed by atoms with E-state index in [9.17, 15) is 8.42 Å². The van der Waals surface area contributed by atoms with Crippen LogP contribution in [-0.4, -0.2) is 81.3 Å². The molecule has 0 aromatic carbocycles. The number of hydrogen-bond acceptors (Lipinski definition) is 4. The number of allylic oxidation sites excluding steroid dienone is 1. The Morgan fingerprint density at radius 1 is 1.28 bits per heavy atom.